The van der Waals surface area contributed by atoms with Crippen LogP contribution >= 0.6 is 23.8 Å². The Morgan fingerprint density at radius 1 is 1.35 bits per heavy atom. The van der Waals surface area contributed by atoms with Crippen LogP contribution in [0.25, 0.3) is 11.0 Å². The van der Waals surface area contributed by atoms with Gasteiger partial charge in [0.05, 0.1) is 16.1 Å². The first-order chi connectivity index (χ1) is 9.47. The Balaban J connectivity index is 2.13. The highest BCUT2D eigenvalue weighted by atomic mass is 35.5. The second kappa shape index (κ2) is 5.15. The monoisotopic (exact) mass is 312 g/mol. The molecule has 5 heteroatoms. The van der Waals surface area contributed by atoms with Crippen molar-refractivity contribution < 1.29 is 4.39 Å². The second-order valence-electron chi connectivity index (χ2n) is 6.05. The van der Waals surface area contributed by atoms with Crippen molar-refractivity contribution in [1.29, 1.82) is 0 Å². The average Bonchev–Trinajstić information content (AvgIpc) is 2.66. The number of halogens is 2. The van der Waals surface area contributed by atoms with E-state index in [4.69, 9.17) is 23.8 Å². The number of H-pyrrole nitrogens is 1. The summed E-state index contributed by atoms with van der Waals surface area (Å²) in [5.74, 6) is 0.919. The summed E-state index contributed by atoms with van der Waals surface area (Å²) in [6.45, 7) is 4.57. The number of aromatic amines is 1. The molecule has 1 aliphatic rings. The third kappa shape index (κ3) is 2.29. The molecule has 3 rings (SSSR count). The van der Waals surface area contributed by atoms with Crippen LogP contribution in [0.5, 0.6) is 0 Å². The van der Waals surface area contributed by atoms with Crippen LogP contribution in [0.1, 0.15) is 39.2 Å². The molecule has 0 amide bonds. The molecule has 0 saturated heterocycles. The number of nitrogens with zero attached hydrogens (tertiary/aromatic N) is 1. The van der Waals surface area contributed by atoms with Crippen molar-refractivity contribution in [3.63, 3.8) is 0 Å². The largest absolute Gasteiger partial charge is 0.330 e. The maximum atomic E-state index is 13.6. The Kier molecular flexibility index (Phi) is 3.63. The highest BCUT2D eigenvalue weighted by Gasteiger charge is 2.28. The normalized spacial score (nSPS) is 27.1. The average molecular weight is 313 g/mol. The topological polar surface area (TPSA) is 20.7 Å². The summed E-state index contributed by atoms with van der Waals surface area (Å²) in [4.78, 5) is 3.10. The van der Waals surface area contributed by atoms with Crippen molar-refractivity contribution in [2.45, 2.75) is 39.2 Å². The molecular formula is C15H18ClFN2S. The first-order valence-electron chi connectivity index (χ1n) is 7.06. The molecule has 1 fully saturated rings. The van der Waals surface area contributed by atoms with Gasteiger partial charge >= 0.3 is 0 Å². The fourth-order valence-corrected chi connectivity index (χ4v) is 3.98. The lowest BCUT2D eigenvalue weighted by molar-refractivity contribution is 0.210. The van der Waals surface area contributed by atoms with E-state index in [-0.39, 0.29) is 5.02 Å². The van der Waals surface area contributed by atoms with Gasteiger partial charge in [0.15, 0.2) is 4.77 Å². The number of hydrogen-bond acceptors (Lipinski definition) is 1. The standard InChI is InChI=1S/C15H18ClFN2S/c1-8-3-4-13(9(2)5-8)19-14-6-10(16)11(17)7-12(14)18-15(19)20/h6-9,13H,3-5H2,1-2H3,(H,18,20). The van der Waals surface area contributed by atoms with Crippen molar-refractivity contribution in [1.82, 2.24) is 9.55 Å². The molecule has 2 nitrogen and oxygen atoms in total. The number of aromatic nitrogens is 2. The van der Waals surface area contributed by atoms with Gasteiger partial charge in [0.1, 0.15) is 5.82 Å². The molecule has 20 heavy (non-hydrogen) atoms. The molecule has 0 bridgehead atoms. The fourth-order valence-electron chi connectivity index (χ4n) is 3.48. The van der Waals surface area contributed by atoms with Crippen LogP contribution in [0.2, 0.25) is 5.02 Å². The number of imidazole rings is 1. The molecule has 3 unspecified atom stereocenters. The van der Waals surface area contributed by atoms with E-state index >= 15 is 0 Å². The fraction of sp³-hybridized carbons (Fsp3) is 0.533. The molecule has 1 aromatic heterocycles. The van der Waals surface area contributed by atoms with Crippen molar-refractivity contribution >= 4 is 34.9 Å². The molecule has 0 spiro atoms. The van der Waals surface area contributed by atoms with E-state index in [9.17, 15) is 4.39 Å². The predicted molar refractivity (Wildman–Crippen MR) is 83.3 cm³/mol. The zero-order valence-electron chi connectivity index (χ0n) is 11.6. The van der Waals surface area contributed by atoms with Gasteiger partial charge in [-0.1, -0.05) is 25.4 Å². The molecule has 1 saturated carbocycles. The molecule has 1 heterocycles. The van der Waals surface area contributed by atoms with Gasteiger partial charge in [-0.3, -0.25) is 0 Å². The third-order valence-corrected chi connectivity index (χ3v) is 5.06. The first kappa shape index (κ1) is 14.1. The lowest BCUT2D eigenvalue weighted by Gasteiger charge is -2.33. The van der Waals surface area contributed by atoms with Crippen LogP contribution in [0.4, 0.5) is 4.39 Å². The summed E-state index contributed by atoms with van der Waals surface area (Å²) in [5, 5.41) is 0.150. The minimum atomic E-state index is -0.409. The summed E-state index contributed by atoms with van der Waals surface area (Å²) in [7, 11) is 0. The van der Waals surface area contributed by atoms with Gasteiger partial charge in [-0.15, -0.1) is 0 Å². The maximum absolute atomic E-state index is 13.6. The summed E-state index contributed by atoms with van der Waals surface area (Å²) in [5.41, 5.74) is 1.63. The molecule has 1 aliphatic carbocycles. The summed E-state index contributed by atoms with van der Waals surface area (Å²) in [6.07, 6.45) is 3.52. The van der Waals surface area contributed by atoms with E-state index in [0.29, 0.717) is 16.7 Å². The highest BCUT2D eigenvalue weighted by molar-refractivity contribution is 7.71. The molecule has 1 aromatic carbocycles. The zero-order valence-corrected chi connectivity index (χ0v) is 13.2. The minimum absolute atomic E-state index is 0.150. The molecule has 108 valence electrons. The van der Waals surface area contributed by atoms with Crippen molar-refractivity contribution in [3.05, 3.63) is 27.7 Å². The van der Waals surface area contributed by atoms with Gasteiger partial charge in [0.2, 0.25) is 0 Å². The van der Waals surface area contributed by atoms with E-state index < -0.39 is 5.82 Å². The van der Waals surface area contributed by atoms with Crippen LogP contribution in [0.15, 0.2) is 12.1 Å². The molecule has 1 N–H and O–H groups in total. The smallest absolute Gasteiger partial charge is 0.178 e. The molecular weight excluding hydrogens is 295 g/mol. The Morgan fingerprint density at radius 3 is 2.80 bits per heavy atom. The van der Waals surface area contributed by atoms with E-state index in [1.165, 1.54) is 18.9 Å². The minimum Gasteiger partial charge on any atom is -0.330 e. The van der Waals surface area contributed by atoms with Gasteiger partial charge in [-0.2, -0.15) is 0 Å². The number of hydrogen-bond donors (Lipinski definition) is 1. The lowest BCUT2D eigenvalue weighted by Crippen LogP contribution is -2.24. The zero-order chi connectivity index (χ0) is 14.4. The lowest BCUT2D eigenvalue weighted by atomic mass is 9.79. The van der Waals surface area contributed by atoms with E-state index in [2.05, 4.69) is 23.4 Å². The van der Waals surface area contributed by atoms with Crippen LogP contribution in [-0.2, 0) is 0 Å². The number of nitrogens with one attached hydrogen (secondary N) is 1. The van der Waals surface area contributed by atoms with Gasteiger partial charge in [0.25, 0.3) is 0 Å². The van der Waals surface area contributed by atoms with E-state index in [0.717, 1.165) is 23.4 Å². The first-order valence-corrected chi connectivity index (χ1v) is 7.85. The molecule has 0 radical (unpaired) electrons. The number of rotatable bonds is 1. The Hall–Kier alpha value is -0.870. The number of benzene rings is 1. The summed E-state index contributed by atoms with van der Waals surface area (Å²) in [6, 6.07) is 3.48. The number of fused-ring (bicyclic) bond motifs is 1. The summed E-state index contributed by atoms with van der Waals surface area (Å²) >= 11 is 11.4. The van der Waals surface area contributed by atoms with Crippen LogP contribution in [0.3, 0.4) is 0 Å². The predicted octanol–water partition coefficient (Wildman–Crippen LogP) is 5.49. The van der Waals surface area contributed by atoms with Crippen molar-refractivity contribution in [3.8, 4) is 0 Å². The Bertz CT molecular complexity index is 706. The third-order valence-electron chi connectivity index (χ3n) is 4.48. The van der Waals surface area contributed by atoms with Crippen LogP contribution in [0, 0.1) is 22.4 Å². The van der Waals surface area contributed by atoms with Crippen molar-refractivity contribution in [2.24, 2.45) is 11.8 Å². The Morgan fingerprint density at radius 2 is 2.10 bits per heavy atom. The summed E-state index contributed by atoms with van der Waals surface area (Å²) < 4.78 is 16.4. The SMILES string of the molecule is CC1CCC(n2c(=S)[nH]c3cc(F)c(Cl)cc32)C(C)C1. The van der Waals surface area contributed by atoms with Gasteiger partial charge in [0, 0.05) is 12.1 Å². The molecule has 0 aliphatic heterocycles. The molecule has 2 aromatic rings. The van der Waals surface area contributed by atoms with Crippen LogP contribution < -0.4 is 0 Å². The highest BCUT2D eigenvalue weighted by Crippen LogP contribution is 2.39. The van der Waals surface area contributed by atoms with Gasteiger partial charge < -0.3 is 9.55 Å². The maximum Gasteiger partial charge on any atom is 0.178 e. The van der Waals surface area contributed by atoms with Gasteiger partial charge in [-0.25, -0.2) is 4.39 Å². The second-order valence-corrected chi connectivity index (χ2v) is 6.84. The Labute approximate surface area is 127 Å². The molecule has 3 atom stereocenters. The quantitative estimate of drug-likeness (QED) is 0.691. The van der Waals surface area contributed by atoms with Crippen LogP contribution in [-0.4, -0.2) is 9.55 Å². The van der Waals surface area contributed by atoms with Crippen molar-refractivity contribution in [2.75, 3.05) is 0 Å². The van der Waals surface area contributed by atoms with E-state index in [1.807, 2.05) is 0 Å². The van der Waals surface area contributed by atoms with E-state index in [1.54, 1.807) is 6.07 Å². The van der Waals surface area contributed by atoms with Gasteiger partial charge in [-0.05, 0) is 49.4 Å².